The van der Waals surface area contributed by atoms with Gasteiger partial charge in [-0.2, -0.15) is 5.10 Å². The summed E-state index contributed by atoms with van der Waals surface area (Å²) in [5.74, 6) is 2.04. The Morgan fingerprint density at radius 3 is 2.68 bits per heavy atom. The maximum Gasteiger partial charge on any atom is 0.244 e. The molecule has 0 bridgehead atoms. The molecular weight excluding hydrogens is 452 g/mol. The number of fused-ring (bicyclic) bond motifs is 1. The predicted octanol–water partition coefficient (Wildman–Crippen LogP) is 3.39. The van der Waals surface area contributed by atoms with Crippen molar-refractivity contribution in [3.05, 3.63) is 36.0 Å². The van der Waals surface area contributed by atoms with E-state index in [1.807, 2.05) is 35.3 Å². The van der Waals surface area contributed by atoms with E-state index in [9.17, 15) is 4.79 Å². The number of aromatic nitrogens is 4. The highest BCUT2D eigenvalue weighted by Crippen LogP contribution is 2.29. The van der Waals surface area contributed by atoms with Crippen molar-refractivity contribution in [3.8, 4) is 11.5 Å². The topological polar surface area (TPSA) is 94.4 Å². The third kappa shape index (κ3) is 5.44. The Morgan fingerprint density at radius 1 is 1.15 bits per heavy atom. The quantitative estimate of drug-likeness (QED) is 0.282. The predicted molar refractivity (Wildman–Crippen MR) is 135 cm³/mol. The SMILES string of the molecule is COc1ccc(/C=C\C(=O)NCCn2ncc3c(N4CCCCC4)nc(SC)nc32)cc1OC. The summed E-state index contributed by atoms with van der Waals surface area (Å²) in [5, 5.41) is 9.14. The van der Waals surface area contributed by atoms with Crippen LogP contribution in [0.5, 0.6) is 11.5 Å². The average Bonchev–Trinajstić information content (AvgIpc) is 3.29. The molecule has 0 radical (unpaired) electrons. The molecule has 34 heavy (non-hydrogen) atoms. The lowest BCUT2D eigenvalue weighted by Gasteiger charge is -2.28. The first-order valence-electron chi connectivity index (χ1n) is 11.3. The van der Waals surface area contributed by atoms with Crippen molar-refractivity contribution in [2.45, 2.75) is 31.0 Å². The molecule has 1 saturated heterocycles. The first-order chi connectivity index (χ1) is 16.6. The van der Waals surface area contributed by atoms with Gasteiger partial charge in [0.1, 0.15) is 5.82 Å². The Kier molecular flexibility index (Phi) is 7.89. The van der Waals surface area contributed by atoms with Gasteiger partial charge in [0.2, 0.25) is 5.91 Å². The van der Waals surface area contributed by atoms with E-state index < -0.39 is 0 Å². The van der Waals surface area contributed by atoms with Crippen LogP contribution >= 0.6 is 11.8 Å². The highest BCUT2D eigenvalue weighted by atomic mass is 32.2. The molecule has 0 atom stereocenters. The number of nitrogens with one attached hydrogen (secondary N) is 1. The number of hydrogen-bond donors (Lipinski definition) is 1. The number of rotatable bonds is 9. The Labute approximate surface area is 203 Å². The maximum atomic E-state index is 12.3. The van der Waals surface area contributed by atoms with Crippen LogP contribution < -0.4 is 19.7 Å². The normalized spacial score (nSPS) is 14.0. The molecule has 3 aromatic rings. The van der Waals surface area contributed by atoms with Crippen molar-refractivity contribution in [1.29, 1.82) is 0 Å². The van der Waals surface area contributed by atoms with Gasteiger partial charge in [-0.3, -0.25) is 4.79 Å². The van der Waals surface area contributed by atoms with E-state index in [4.69, 9.17) is 19.4 Å². The summed E-state index contributed by atoms with van der Waals surface area (Å²) in [6.45, 7) is 2.97. The fourth-order valence-electron chi connectivity index (χ4n) is 3.99. The fraction of sp³-hybridized carbons (Fsp3) is 0.417. The van der Waals surface area contributed by atoms with Crippen LogP contribution in [-0.4, -0.2) is 65.8 Å². The summed E-state index contributed by atoms with van der Waals surface area (Å²) in [7, 11) is 3.17. The van der Waals surface area contributed by atoms with E-state index in [1.165, 1.54) is 37.1 Å². The van der Waals surface area contributed by atoms with Crippen molar-refractivity contribution in [1.82, 2.24) is 25.1 Å². The molecule has 1 aliphatic rings. The van der Waals surface area contributed by atoms with Crippen molar-refractivity contribution < 1.29 is 14.3 Å². The summed E-state index contributed by atoms with van der Waals surface area (Å²) in [6.07, 6.45) is 10.7. The molecule has 0 aliphatic carbocycles. The first kappa shape index (κ1) is 23.9. The summed E-state index contributed by atoms with van der Waals surface area (Å²) >= 11 is 1.53. The number of benzene rings is 1. The summed E-state index contributed by atoms with van der Waals surface area (Å²) < 4.78 is 12.4. The molecule has 2 aromatic heterocycles. The molecular formula is C24H30N6O3S. The standard InChI is InChI=1S/C24H30N6O3S/c1-32-19-9-7-17(15-20(19)33-2)8-10-21(31)25-11-14-30-23-18(16-26-30)22(27-24(28-23)34-3)29-12-5-4-6-13-29/h7-10,15-16H,4-6,11-14H2,1-3H3,(H,25,31)/b10-8-. The van der Waals surface area contributed by atoms with Crippen LogP contribution in [0.15, 0.2) is 35.6 Å². The second kappa shape index (κ2) is 11.2. The Bertz CT molecular complexity index is 1170. The largest absolute Gasteiger partial charge is 0.493 e. The monoisotopic (exact) mass is 482 g/mol. The van der Waals surface area contributed by atoms with E-state index in [2.05, 4.69) is 15.3 Å². The molecule has 3 heterocycles. The summed E-state index contributed by atoms with van der Waals surface area (Å²) in [6, 6.07) is 5.49. The molecule has 180 valence electrons. The molecule has 10 heteroatoms. The van der Waals surface area contributed by atoms with Crippen molar-refractivity contribution in [2.24, 2.45) is 0 Å². The number of carbonyl (C=O) groups is 1. The lowest BCUT2D eigenvalue weighted by atomic mass is 10.1. The number of anilines is 1. The molecule has 1 aliphatic heterocycles. The number of methoxy groups -OCH3 is 2. The number of thioether (sulfide) groups is 1. The van der Waals surface area contributed by atoms with Crippen molar-refractivity contribution in [2.75, 3.05) is 45.0 Å². The number of piperidine rings is 1. The Balaban J connectivity index is 1.40. The number of carbonyl (C=O) groups excluding carboxylic acids is 1. The van der Waals surface area contributed by atoms with E-state index in [0.29, 0.717) is 24.6 Å². The summed E-state index contributed by atoms with van der Waals surface area (Å²) in [4.78, 5) is 24.1. The number of nitrogens with zero attached hydrogens (tertiary/aromatic N) is 5. The second-order valence-electron chi connectivity index (χ2n) is 7.93. The molecule has 1 amide bonds. The molecule has 4 rings (SSSR count). The van der Waals surface area contributed by atoms with Crippen LogP contribution in [0.2, 0.25) is 0 Å². The van der Waals surface area contributed by atoms with Gasteiger partial charge in [-0.15, -0.1) is 0 Å². The molecule has 9 nitrogen and oxygen atoms in total. The van der Waals surface area contributed by atoms with Crippen molar-refractivity contribution >= 4 is 40.6 Å². The third-order valence-corrected chi connectivity index (χ3v) is 6.30. The zero-order valence-electron chi connectivity index (χ0n) is 19.8. The second-order valence-corrected chi connectivity index (χ2v) is 8.70. The van der Waals surface area contributed by atoms with Crippen LogP contribution in [0, 0.1) is 0 Å². The van der Waals surface area contributed by atoms with Crippen LogP contribution in [-0.2, 0) is 11.3 Å². The zero-order chi connectivity index (χ0) is 23.9. The Hall–Kier alpha value is -3.27. The first-order valence-corrected chi connectivity index (χ1v) is 12.6. The highest BCUT2D eigenvalue weighted by Gasteiger charge is 2.19. The van der Waals surface area contributed by atoms with Gasteiger partial charge in [0.15, 0.2) is 22.3 Å². The number of amides is 1. The highest BCUT2D eigenvalue weighted by molar-refractivity contribution is 7.98. The molecule has 1 fully saturated rings. The minimum atomic E-state index is -0.181. The van der Waals surface area contributed by atoms with Gasteiger partial charge in [0.05, 0.1) is 32.3 Å². The van der Waals surface area contributed by atoms with E-state index in [0.717, 1.165) is 40.7 Å². The fourth-order valence-corrected chi connectivity index (χ4v) is 4.35. The number of hydrogen-bond acceptors (Lipinski definition) is 8. The molecule has 0 spiro atoms. The van der Waals surface area contributed by atoms with Gasteiger partial charge in [-0.1, -0.05) is 17.8 Å². The lowest BCUT2D eigenvalue weighted by molar-refractivity contribution is -0.116. The smallest absolute Gasteiger partial charge is 0.244 e. The summed E-state index contributed by atoms with van der Waals surface area (Å²) in [5.41, 5.74) is 1.65. The molecule has 1 N–H and O–H groups in total. The van der Waals surface area contributed by atoms with E-state index >= 15 is 0 Å². The van der Waals surface area contributed by atoms with E-state index in [-0.39, 0.29) is 5.91 Å². The van der Waals surface area contributed by atoms with Gasteiger partial charge in [0.25, 0.3) is 0 Å². The minimum absolute atomic E-state index is 0.181. The van der Waals surface area contributed by atoms with Crippen LogP contribution in [0.3, 0.4) is 0 Å². The van der Waals surface area contributed by atoms with Gasteiger partial charge >= 0.3 is 0 Å². The van der Waals surface area contributed by atoms with Crippen LogP contribution in [0.1, 0.15) is 24.8 Å². The Morgan fingerprint density at radius 2 is 1.94 bits per heavy atom. The van der Waals surface area contributed by atoms with E-state index in [1.54, 1.807) is 20.3 Å². The van der Waals surface area contributed by atoms with Crippen LogP contribution in [0.4, 0.5) is 5.82 Å². The van der Waals surface area contributed by atoms with Crippen LogP contribution in [0.25, 0.3) is 17.1 Å². The zero-order valence-corrected chi connectivity index (χ0v) is 20.6. The van der Waals surface area contributed by atoms with Gasteiger partial charge in [-0.05, 0) is 49.3 Å². The van der Waals surface area contributed by atoms with Gasteiger partial charge in [0, 0.05) is 25.7 Å². The van der Waals surface area contributed by atoms with Gasteiger partial charge in [-0.25, -0.2) is 14.6 Å². The van der Waals surface area contributed by atoms with Gasteiger partial charge < -0.3 is 19.7 Å². The number of ether oxygens (including phenoxy) is 2. The molecule has 1 aromatic carbocycles. The lowest BCUT2D eigenvalue weighted by Crippen LogP contribution is -2.30. The minimum Gasteiger partial charge on any atom is -0.493 e. The average molecular weight is 483 g/mol. The third-order valence-electron chi connectivity index (χ3n) is 5.75. The maximum absolute atomic E-state index is 12.3. The van der Waals surface area contributed by atoms with Crippen molar-refractivity contribution in [3.63, 3.8) is 0 Å². The molecule has 0 saturated carbocycles. The molecule has 0 unspecified atom stereocenters.